The maximum absolute atomic E-state index is 12.9. The number of aryl methyl sites for hydroxylation is 2. The molecule has 1 fully saturated rings. The van der Waals surface area contributed by atoms with Crippen LogP contribution in [0.5, 0.6) is 5.75 Å². The average Bonchev–Trinajstić information content (AvgIpc) is 2.75. The molecule has 1 aromatic heterocycles. The highest BCUT2D eigenvalue weighted by molar-refractivity contribution is 7.89. The maximum Gasteiger partial charge on any atom is 0.244 e. The number of aromatic nitrogens is 1. The Kier molecular flexibility index (Phi) is 5.79. The van der Waals surface area contributed by atoms with E-state index in [4.69, 9.17) is 4.74 Å². The second-order valence-corrected chi connectivity index (χ2v) is 10.0. The van der Waals surface area contributed by atoms with E-state index in [2.05, 4.69) is 22.4 Å². The quantitative estimate of drug-likeness (QED) is 0.807. The number of carbonyl (C=O) groups excluding carboxylic acids is 1. The van der Waals surface area contributed by atoms with Gasteiger partial charge in [-0.25, -0.2) is 8.42 Å². The van der Waals surface area contributed by atoms with Crippen LogP contribution in [0.4, 0.5) is 0 Å². The molecule has 8 heteroatoms. The number of amides is 1. The molecule has 2 aromatic rings. The highest BCUT2D eigenvalue weighted by atomic mass is 32.2. The molecular formula is C22H27N3O4S. The summed E-state index contributed by atoms with van der Waals surface area (Å²) in [4.78, 5) is 17.0. The van der Waals surface area contributed by atoms with Gasteiger partial charge >= 0.3 is 0 Å². The van der Waals surface area contributed by atoms with Gasteiger partial charge in [0.2, 0.25) is 15.9 Å². The Bertz CT molecular complexity index is 1030. The second kappa shape index (κ2) is 8.35. The summed E-state index contributed by atoms with van der Waals surface area (Å²) in [6, 6.07) is 7.25. The predicted molar refractivity (Wildman–Crippen MR) is 113 cm³/mol. The SMILES string of the molecule is Cc1cc(C)c2c(c1)C(NC(=O)C1CCN(S(=O)(=O)c3cccnc3)CC1)CCO2. The second-order valence-electron chi connectivity index (χ2n) is 8.07. The number of pyridine rings is 1. The number of hydrogen-bond donors (Lipinski definition) is 1. The normalized spacial score (nSPS) is 20.3. The number of hydrogen-bond acceptors (Lipinski definition) is 5. The number of fused-ring (bicyclic) bond motifs is 1. The monoisotopic (exact) mass is 429 g/mol. The first kappa shape index (κ1) is 20.8. The zero-order chi connectivity index (χ0) is 21.3. The summed E-state index contributed by atoms with van der Waals surface area (Å²) in [5.74, 6) is 0.669. The van der Waals surface area contributed by atoms with Crippen LogP contribution in [0.25, 0.3) is 0 Å². The van der Waals surface area contributed by atoms with E-state index in [-0.39, 0.29) is 22.8 Å². The van der Waals surface area contributed by atoms with Crippen molar-refractivity contribution in [2.24, 2.45) is 5.92 Å². The van der Waals surface area contributed by atoms with Crippen molar-refractivity contribution in [2.45, 2.75) is 44.0 Å². The van der Waals surface area contributed by atoms with Crippen molar-refractivity contribution in [1.82, 2.24) is 14.6 Å². The van der Waals surface area contributed by atoms with Gasteiger partial charge in [0, 0.05) is 43.4 Å². The molecule has 4 rings (SSSR count). The van der Waals surface area contributed by atoms with Crippen LogP contribution in [0, 0.1) is 19.8 Å². The van der Waals surface area contributed by atoms with E-state index in [0.29, 0.717) is 32.5 Å². The van der Waals surface area contributed by atoms with Crippen LogP contribution < -0.4 is 10.1 Å². The molecule has 0 aliphatic carbocycles. The van der Waals surface area contributed by atoms with Crippen LogP contribution in [-0.2, 0) is 14.8 Å². The lowest BCUT2D eigenvalue weighted by Gasteiger charge is -2.33. The molecule has 2 aliphatic heterocycles. The van der Waals surface area contributed by atoms with E-state index in [1.807, 2.05) is 13.8 Å². The van der Waals surface area contributed by atoms with Gasteiger partial charge in [-0.15, -0.1) is 0 Å². The molecule has 1 amide bonds. The minimum absolute atomic E-state index is 0.00886. The molecule has 1 unspecified atom stereocenters. The standard InChI is InChI=1S/C22H27N3O4S/c1-15-12-16(2)21-19(13-15)20(7-11-29-21)24-22(26)17-5-9-25(10-6-17)30(27,28)18-4-3-8-23-14-18/h3-4,8,12-14,17,20H,5-7,9-11H2,1-2H3,(H,24,26). The van der Waals surface area contributed by atoms with Crippen LogP contribution in [0.1, 0.15) is 42.0 Å². The molecule has 1 atom stereocenters. The van der Waals surface area contributed by atoms with Gasteiger partial charge in [-0.05, 0) is 44.4 Å². The molecule has 0 spiro atoms. The van der Waals surface area contributed by atoms with Gasteiger partial charge in [-0.3, -0.25) is 9.78 Å². The Morgan fingerprint density at radius 2 is 1.97 bits per heavy atom. The zero-order valence-corrected chi connectivity index (χ0v) is 18.1. The van der Waals surface area contributed by atoms with Gasteiger partial charge in [0.1, 0.15) is 10.6 Å². The fourth-order valence-electron chi connectivity index (χ4n) is 4.32. The minimum Gasteiger partial charge on any atom is -0.493 e. The molecule has 160 valence electrons. The van der Waals surface area contributed by atoms with Gasteiger partial charge in [0.25, 0.3) is 0 Å². The first-order valence-corrected chi connectivity index (χ1v) is 11.7. The lowest BCUT2D eigenvalue weighted by atomic mass is 9.93. The van der Waals surface area contributed by atoms with E-state index in [1.54, 1.807) is 18.3 Å². The molecule has 7 nitrogen and oxygen atoms in total. The largest absolute Gasteiger partial charge is 0.493 e. The molecule has 1 aromatic carbocycles. The third-order valence-corrected chi connectivity index (χ3v) is 7.77. The fourth-order valence-corrected chi connectivity index (χ4v) is 5.76. The van der Waals surface area contributed by atoms with Gasteiger partial charge < -0.3 is 10.1 Å². The molecule has 1 N–H and O–H groups in total. The molecule has 3 heterocycles. The first-order valence-electron chi connectivity index (χ1n) is 10.3. The molecule has 0 radical (unpaired) electrons. The van der Waals surface area contributed by atoms with E-state index >= 15 is 0 Å². The van der Waals surface area contributed by atoms with E-state index in [1.165, 1.54) is 10.5 Å². The van der Waals surface area contributed by atoms with Crippen LogP contribution >= 0.6 is 0 Å². The van der Waals surface area contributed by atoms with Crippen molar-refractivity contribution in [1.29, 1.82) is 0 Å². The Hall–Kier alpha value is -2.45. The van der Waals surface area contributed by atoms with Gasteiger partial charge in [0.05, 0.1) is 12.6 Å². The third-order valence-electron chi connectivity index (χ3n) is 5.89. The molecule has 30 heavy (non-hydrogen) atoms. The first-order chi connectivity index (χ1) is 14.4. The van der Waals surface area contributed by atoms with Crippen molar-refractivity contribution < 1.29 is 17.9 Å². The lowest BCUT2D eigenvalue weighted by molar-refractivity contribution is -0.127. The van der Waals surface area contributed by atoms with Crippen molar-refractivity contribution in [3.63, 3.8) is 0 Å². The van der Waals surface area contributed by atoms with Crippen LogP contribution in [0.15, 0.2) is 41.6 Å². The summed E-state index contributed by atoms with van der Waals surface area (Å²) in [5.41, 5.74) is 3.26. The van der Waals surface area contributed by atoms with Crippen molar-refractivity contribution >= 4 is 15.9 Å². The zero-order valence-electron chi connectivity index (χ0n) is 17.3. The Balaban J connectivity index is 1.40. The number of carbonyl (C=O) groups is 1. The lowest BCUT2D eigenvalue weighted by Crippen LogP contribution is -2.44. The van der Waals surface area contributed by atoms with Crippen LogP contribution in [-0.4, -0.2) is 43.3 Å². The number of ether oxygens (including phenoxy) is 1. The smallest absolute Gasteiger partial charge is 0.244 e. The van der Waals surface area contributed by atoms with Gasteiger partial charge in [0.15, 0.2) is 0 Å². The number of rotatable bonds is 4. The molecule has 1 saturated heterocycles. The number of piperidine rings is 1. The molecular weight excluding hydrogens is 402 g/mol. The van der Waals surface area contributed by atoms with Gasteiger partial charge in [-0.2, -0.15) is 4.31 Å². The third kappa shape index (κ3) is 4.06. The Labute approximate surface area is 177 Å². The van der Waals surface area contributed by atoms with Gasteiger partial charge in [-0.1, -0.05) is 17.7 Å². The molecule has 0 saturated carbocycles. The summed E-state index contributed by atoms with van der Waals surface area (Å²) >= 11 is 0. The molecule has 0 bridgehead atoms. The van der Waals surface area contributed by atoms with Crippen molar-refractivity contribution in [2.75, 3.05) is 19.7 Å². The van der Waals surface area contributed by atoms with Crippen molar-refractivity contribution in [3.05, 3.63) is 53.3 Å². The Morgan fingerprint density at radius 3 is 2.67 bits per heavy atom. The highest BCUT2D eigenvalue weighted by Gasteiger charge is 2.34. The summed E-state index contributed by atoms with van der Waals surface area (Å²) in [6.45, 7) is 5.30. The minimum atomic E-state index is -3.57. The predicted octanol–water partition coefficient (Wildman–Crippen LogP) is 2.74. The fraction of sp³-hybridized carbons (Fsp3) is 0.455. The number of benzene rings is 1. The van der Waals surface area contributed by atoms with Crippen LogP contribution in [0.3, 0.4) is 0 Å². The van der Waals surface area contributed by atoms with E-state index < -0.39 is 10.0 Å². The summed E-state index contributed by atoms with van der Waals surface area (Å²) in [7, 11) is -3.57. The van der Waals surface area contributed by atoms with E-state index in [0.717, 1.165) is 28.9 Å². The summed E-state index contributed by atoms with van der Waals surface area (Å²) in [6.07, 6.45) is 4.66. The van der Waals surface area contributed by atoms with Crippen molar-refractivity contribution in [3.8, 4) is 5.75 Å². The van der Waals surface area contributed by atoms with Crippen LogP contribution in [0.2, 0.25) is 0 Å². The number of sulfonamides is 1. The molecule has 2 aliphatic rings. The number of nitrogens with one attached hydrogen (secondary N) is 1. The summed E-state index contributed by atoms with van der Waals surface area (Å²) < 4.78 is 32.8. The Morgan fingerprint density at radius 1 is 1.20 bits per heavy atom. The topological polar surface area (TPSA) is 88.6 Å². The highest BCUT2D eigenvalue weighted by Crippen LogP contribution is 2.36. The average molecular weight is 430 g/mol. The maximum atomic E-state index is 12.9. The van der Waals surface area contributed by atoms with E-state index in [9.17, 15) is 13.2 Å². The summed E-state index contributed by atoms with van der Waals surface area (Å²) in [5, 5.41) is 3.19. The number of nitrogens with zero attached hydrogens (tertiary/aromatic N) is 2.